The van der Waals surface area contributed by atoms with E-state index >= 15 is 0 Å². The van der Waals surface area contributed by atoms with Crippen molar-refractivity contribution in [1.29, 1.82) is 0 Å². The first-order chi connectivity index (χ1) is 15.4. The molecule has 0 aliphatic carbocycles. The maximum Gasteiger partial charge on any atom is 0.411 e. The molecule has 6 nitrogen and oxygen atoms in total. The second-order valence-corrected chi connectivity index (χ2v) is 8.09. The fraction of sp³-hybridized carbons (Fsp3) is 0.231. The molecule has 164 valence electrons. The number of hydrogen-bond donors (Lipinski definition) is 1. The Balaban J connectivity index is 1.58. The fourth-order valence-corrected chi connectivity index (χ4v) is 3.96. The summed E-state index contributed by atoms with van der Waals surface area (Å²) < 4.78 is 11.5. The number of amides is 1. The van der Waals surface area contributed by atoms with E-state index in [1.165, 1.54) is 11.8 Å². The first-order valence-electron chi connectivity index (χ1n) is 10.4. The van der Waals surface area contributed by atoms with Gasteiger partial charge in [0.15, 0.2) is 11.6 Å². The quantitative estimate of drug-likeness (QED) is 0.563. The lowest BCUT2D eigenvalue weighted by Crippen LogP contribution is -2.51. The largest absolute Gasteiger partial charge is 0.489 e. The highest BCUT2D eigenvalue weighted by molar-refractivity contribution is 5.88. The van der Waals surface area contributed by atoms with Crippen molar-refractivity contribution in [1.82, 2.24) is 4.90 Å². The summed E-state index contributed by atoms with van der Waals surface area (Å²) >= 11 is 0. The van der Waals surface area contributed by atoms with Gasteiger partial charge in [0.05, 0.1) is 6.54 Å². The van der Waals surface area contributed by atoms with Crippen LogP contribution in [0.5, 0.6) is 5.75 Å². The van der Waals surface area contributed by atoms with Gasteiger partial charge in [0.2, 0.25) is 0 Å². The number of aryl methyl sites for hydroxylation is 1. The fourth-order valence-electron chi connectivity index (χ4n) is 3.96. The first kappa shape index (κ1) is 21.4. The Kier molecular flexibility index (Phi) is 5.86. The standard InChI is InChI=1S/C26H25NO5/c1-18-15-21(13-14-22(18)31-17-20-11-7-4-8-12-20)23-26(2,24(28)29)27(25(30)32-23)16-19-9-5-3-6-10-19/h3-15,23H,16-17H2,1-2H3,(H,28,29)/t23?,26-/m0/s1. The van der Waals surface area contributed by atoms with Crippen LogP contribution >= 0.6 is 0 Å². The van der Waals surface area contributed by atoms with E-state index in [1.54, 1.807) is 12.1 Å². The van der Waals surface area contributed by atoms with Crippen molar-refractivity contribution in [3.05, 3.63) is 101 Å². The first-order valence-corrected chi connectivity index (χ1v) is 10.4. The molecule has 1 N–H and O–H groups in total. The molecule has 1 fully saturated rings. The van der Waals surface area contributed by atoms with Crippen molar-refractivity contribution in [3.63, 3.8) is 0 Å². The Hall–Kier alpha value is -3.80. The summed E-state index contributed by atoms with van der Waals surface area (Å²) in [7, 11) is 0. The van der Waals surface area contributed by atoms with Crippen molar-refractivity contribution in [2.75, 3.05) is 0 Å². The number of cyclic esters (lactones) is 1. The van der Waals surface area contributed by atoms with Crippen LogP contribution in [0, 0.1) is 6.92 Å². The van der Waals surface area contributed by atoms with Gasteiger partial charge in [-0.3, -0.25) is 4.90 Å². The number of aliphatic carboxylic acids is 1. The van der Waals surface area contributed by atoms with E-state index < -0.39 is 23.7 Å². The number of rotatable bonds is 7. The van der Waals surface area contributed by atoms with Gasteiger partial charge in [-0.2, -0.15) is 0 Å². The summed E-state index contributed by atoms with van der Waals surface area (Å²) in [6, 6.07) is 24.5. The maximum absolute atomic E-state index is 12.7. The number of benzene rings is 3. The highest BCUT2D eigenvalue weighted by atomic mass is 16.6. The predicted molar refractivity (Wildman–Crippen MR) is 119 cm³/mol. The van der Waals surface area contributed by atoms with Crippen molar-refractivity contribution in [2.45, 2.75) is 38.6 Å². The third-order valence-corrected chi connectivity index (χ3v) is 5.87. The number of carboxylic acid groups (broad SMARTS) is 1. The third-order valence-electron chi connectivity index (χ3n) is 5.87. The molecule has 0 aromatic heterocycles. The summed E-state index contributed by atoms with van der Waals surface area (Å²) in [4.78, 5) is 26.4. The zero-order valence-corrected chi connectivity index (χ0v) is 18.0. The predicted octanol–water partition coefficient (Wildman–Crippen LogP) is 5.11. The molecular weight excluding hydrogens is 406 g/mol. The number of carbonyl (C=O) groups is 2. The molecule has 32 heavy (non-hydrogen) atoms. The Morgan fingerprint density at radius 1 is 1.03 bits per heavy atom. The van der Waals surface area contributed by atoms with E-state index in [-0.39, 0.29) is 6.54 Å². The second kappa shape index (κ2) is 8.75. The summed E-state index contributed by atoms with van der Waals surface area (Å²) in [5.74, 6) is -0.425. The van der Waals surface area contributed by atoms with Crippen molar-refractivity contribution < 1.29 is 24.2 Å². The number of carbonyl (C=O) groups excluding carboxylic acids is 1. The second-order valence-electron chi connectivity index (χ2n) is 8.09. The zero-order valence-electron chi connectivity index (χ0n) is 18.0. The molecule has 0 saturated carbocycles. The minimum atomic E-state index is -1.55. The van der Waals surface area contributed by atoms with Gasteiger partial charge in [0.1, 0.15) is 12.4 Å². The molecular formula is C26H25NO5. The molecule has 1 saturated heterocycles. The van der Waals surface area contributed by atoms with Gasteiger partial charge in [-0.15, -0.1) is 0 Å². The van der Waals surface area contributed by atoms with Crippen molar-refractivity contribution in [3.8, 4) is 5.75 Å². The minimum Gasteiger partial charge on any atom is -0.489 e. The van der Waals surface area contributed by atoms with Gasteiger partial charge < -0.3 is 14.6 Å². The van der Waals surface area contributed by atoms with Crippen LogP contribution < -0.4 is 4.74 Å². The molecule has 4 rings (SSSR count). The SMILES string of the molecule is Cc1cc(C2OC(=O)N(Cc3ccccc3)[C@]2(C)C(=O)O)ccc1OCc1ccccc1. The summed E-state index contributed by atoms with van der Waals surface area (Å²) in [6.07, 6.45) is -1.59. The molecule has 2 atom stereocenters. The minimum absolute atomic E-state index is 0.149. The highest BCUT2D eigenvalue weighted by Gasteiger charge is 2.57. The Morgan fingerprint density at radius 2 is 1.66 bits per heavy atom. The van der Waals surface area contributed by atoms with Gasteiger partial charge in [-0.1, -0.05) is 66.7 Å². The lowest BCUT2D eigenvalue weighted by molar-refractivity contribution is -0.150. The molecule has 1 heterocycles. The molecule has 0 bridgehead atoms. The van der Waals surface area contributed by atoms with E-state index in [1.807, 2.05) is 73.7 Å². The summed E-state index contributed by atoms with van der Waals surface area (Å²) in [5, 5.41) is 10.1. The van der Waals surface area contributed by atoms with E-state index in [2.05, 4.69) is 0 Å². The number of hydrogen-bond acceptors (Lipinski definition) is 4. The Morgan fingerprint density at radius 3 is 2.25 bits per heavy atom. The number of ether oxygens (including phenoxy) is 2. The number of carboxylic acids is 1. The molecule has 6 heteroatoms. The molecule has 3 aromatic carbocycles. The maximum atomic E-state index is 12.7. The van der Waals surface area contributed by atoms with Crippen LogP contribution in [0.2, 0.25) is 0 Å². The van der Waals surface area contributed by atoms with Crippen LogP contribution in [0.1, 0.15) is 35.3 Å². The lowest BCUT2D eigenvalue weighted by Gasteiger charge is -2.32. The van der Waals surface area contributed by atoms with Crippen LogP contribution in [0.25, 0.3) is 0 Å². The van der Waals surface area contributed by atoms with Gasteiger partial charge >= 0.3 is 12.1 Å². The van der Waals surface area contributed by atoms with Crippen LogP contribution in [-0.4, -0.2) is 27.6 Å². The van der Waals surface area contributed by atoms with E-state index in [9.17, 15) is 14.7 Å². The normalized spacial score (nSPS) is 20.1. The topological polar surface area (TPSA) is 76.1 Å². The monoisotopic (exact) mass is 431 g/mol. The van der Waals surface area contributed by atoms with E-state index in [0.29, 0.717) is 17.9 Å². The van der Waals surface area contributed by atoms with Gasteiger partial charge in [-0.25, -0.2) is 9.59 Å². The smallest absolute Gasteiger partial charge is 0.411 e. The van der Waals surface area contributed by atoms with Gasteiger partial charge in [-0.05, 0) is 48.2 Å². The molecule has 1 unspecified atom stereocenters. The zero-order chi connectivity index (χ0) is 22.7. The molecule has 0 radical (unpaired) electrons. The van der Waals surface area contributed by atoms with Crippen molar-refractivity contribution in [2.24, 2.45) is 0 Å². The average Bonchev–Trinajstić information content (AvgIpc) is 3.06. The van der Waals surface area contributed by atoms with Crippen LogP contribution in [0.15, 0.2) is 78.9 Å². The highest BCUT2D eigenvalue weighted by Crippen LogP contribution is 2.43. The van der Waals surface area contributed by atoms with E-state index in [4.69, 9.17) is 9.47 Å². The number of nitrogens with zero attached hydrogens (tertiary/aromatic N) is 1. The molecule has 0 spiro atoms. The summed E-state index contributed by atoms with van der Waals surface area (Å²) in [6.45, 7) is 4.00. The lowest BCUT2D eigenvalue weighted by atomic mass is 9.87. The average molecular weight is 431 g/mol. The van der Waals surface area contributed by atoms with Crippen molar-refractivity contribution >= 4 is 12.1 Å². The molecule has 1 aliphatic heterocycles. The van der Waals surface area contributed by atoms with Crippen LogP contribution in [0.3, 0.4) is 0 Å². The summed E-state index contributed by atoms with van der Waals surface area (Å²) in [5.41, 5.74) is 1.78. The van der Waals surface area contributed by atoms with Gasteiger partial charge in [0.25, 0.3) is 0 Å². The Bertz CT molecular complexity index is 1120. The molecule has 1 aliphatic rings. The van der Waals surface area contributed by atoms with Gasteiger partial charge in [0, 0.05) is 0 Å². The van der Waals surface area contributed by atoms with E-state index in [0.717, 1.165) is 16.7 Å². The Labute approximate surface area is 187 Å². The van der Waals surface area contributed by atoms with Crippen LogP contribution in [-0.2, 0) is 22.7 Å². The van der Waals surface area contributed by atoms with Crippen LogP contribution in [0.4, 0.5) is 4.79 Å². The third kappa shape index (κ3) is 4.04. The molecule has 3 aromatic rings. The molecule has 1 amide bonds.